The first-order chi connectivity index (χ1) is 7.19. The average molecular weight is 207 g/mol. The summed E-state index contributed by atoms with van der Waals surface area (Å²) in [7, 11) is 0. The van der Waals surface area contributed by atoms with Gasteiger partial charge in [0.05, 0.1) is 6.04 Å². The molecule has 1 aromatic rings. The highest BCUT2D eigenvalue weighted by Crippen LogP contribution is 2.24. The molecule has 0 fully saturated rings. The summed E-state index contributed by atoms with van der Waals surface area (Å²) in [5, 5.41) is 0. The molecule has 3 nitrogen and oxygen atoms in total. The molecule has 3 N–H and O–H groups in total. The molecular weight excluding hydrogens is 186 g/mol. The van der Waals surface area contributed by atoms with Crippen molar-refractivity contribution in [3.8, 4) is 0 Å². The molecule has 1 rings (SSSR count). The fraction of sp³-hybridized carbons (Fsp3) is 0.583. The van der Waals surface area contributed by atoms with Crippen molar-refractivity contribution < 1.29 is 0 Å². The van der Waals surface area contributed by atoms with Crippen LogP contribution in [0.4, 0.5) is 0 Å². The Morgan fingerprint density at radius 1 is 1.47 bits per heavy atom. The molecule has 0 spiro atoms. The number of nitrogens with zero attached hydrogens (tertiary/aromatic N) is 1. The van der Waals surface area contributed by atoms with Crippen molar-refractivity contribution in [2.45, 2.75) is 39.7 Å². The number of aromatic nitrogens is 1. The van der Waals surface area contributed by atoms with Crippen LogP contribution in [0.2, 0.25) is 0 Å². The smallest absolute Gasteiger partial charge is 0.0500 e. The molecule has 2 unspecified atom stereocenters. The summed E-state index contributed by atoms with van der Waals surface area (Å²) >= 11 is 0. The van der Waals surface area contributed by atoms with E-state index in [0.717, 1.165) is 0 Å². The highest BCUT2D eigenvalue weighted by molar-refractivity contribution is 5.20. The second kappa shape index (κ2) is 5.83. The van der Waals surface area contributed by atoms with Gasteiger partial charge in [-0.05, 0) is 30.4 Å². The minimum absolute atomic E-state index is 0.206. The number of nitrogens with one attached hydrogen (secondary N) is 1. The number of nitrogens with two attached hydrogens (primary N) is 1. The Kier molecular flexibility index (Phi) is 4.72. The van der Waals surface area contributed by atoms with Gasteiger partial charge in [0.2, 0.25) is 0 Å². The number of pyridine rings is 1. The van der Waals surface area contributed by atoms with Crippen LogP contribution in [0.1, 0.15) is 43.9 Å². The molecule has 2 atom stereocenters. The molecule has 0 aliphatic rings. The van der Waals surface area contributed by atoms with Gasteiger partial charge in [-0.3, -0.25) is 16.3 Å². The second-order valence-corrected chi connectivity index (χ2v) is 4.21. The van der Waals surface area contributed by atoms with Crippen LogP contribution in [0, 0.1) is 12.8 Å². The fourth-order valence-electron chi connectivity index (χ4n) is 1.96. The van der Waals surface area contributed by atoms with E-state index in [4.69, 9.17) is 5.84 Å². The normalized spacial score (nSPS) is 14.9. The topological polar surface area (TPSA) is 50.9 Å². The fourth-order valence-corrected chi connectivity index (χ4v) is 1.96. The molecule has 0 aliphatic heterocycles. The van der Waals surface area contributed by atoms with E-state index in [2.05, 4.69) is 37.2 Å². The van der Waals surface area contributed by atoms with E-state index in [9.17, 15) is 0 Å². The Bertz CT molecular complexity index is 299. The van der Waals surface area contributed by atoms with Crippen LogP contribution in [0.25, 0.3) is 0 Å². The number of aryl methyl sites for hydroxylation is 1. The van der Waals surface area contributed by atoms with Crippen LogP contribution in [-0.2, 0) is 0 Å². The molecule has 15 heavy (non-hydrogen) atoms. The third kappa shape index (κ3) is 3.29. The van der Waals surface area contributed by atoms with Crippen LogP contribution < -0.4 is 11.3 Å². The largest absolute Gasteiger partial charge is 0.271 e. The minimum Gasteiger partial charge on any atom is -0.271 e. The van der Waals surface area contributed by atoms with E-state index >= 15 is 0 Å². The first kappa shape index (κ1) is 12.1. The van der Waals surface area contributed by atoms with Crippen LogP contribution >= 0.6 is 0 Å². The highest BCUT2D eigenvalue weighted by Gasteiger charge is 2.17. The van der Waals surface area contributed by atoms with Crippen LogP contribution in [-0.4, -0.2) is 4.98 Å². The molecule has 0 amide bonds. The van der Waals surface area contributed by atoms with Gasteiger partial charge < -0.3 is 0 Å². The molecular formula is C12H21N3. The Balaban J connectivity index is 2.82. The lowest BCUT2D eigenvalue weighted by Crippen LogP contribution is -2.32. The van der Waals surface area contributed by atoms with Crippen molar-refractivity contribution in [2.75, 3.05) is 0 Å². The molecule has 0 saturated carbocycles. The van der Waals surface area contributed by atoms with Crippen LogP contribution in [0.3, 0.4) is 0 Å². The van der Waals surface area contributed by atoms with Crippen molar-refractivity contribution in [2.24, 2.45) is 11.8 Å². The molecule has 0 aromatic carbocycles. The van der Waals surface area contributed by atoms with Gasteiger partial charge in [-0.2, -0.15) is 0 Å². The summed E-state index contributed by atoms with van der Waals surface area (Å²) in [4.78, 5) is 4.20. The van der Waals surface area contributed by atoms with Gasteiger partial charge in [0.1, 0.15) is 0 Å². The monoisotopic (exact) mass is 207 g/mol. The maximum atomic E-state index is 5.61. The third-order valence-electron chi connectivity index (χ3n) is 2.75. The quantitative estimate of drug-likeness (QED) is 0.575. The van der Waals surface area contributed by atoms with Crippen molar-refractivity contribution in [3.05, 3.63) is 29.6 Å². The molecule has 3 heteroatoms. The first-order valence-corrected chi connectivity index (χ1v) is 5.56. The van der Waals surface area contributed by atoms with E-state index in [0.29, 0.717) is 5.92 Å². The lowest BCUT2D eigenvalue weighted by atomic mass is 9.92. The van der Waals surface area contributed by atoms with Crippen molar-refractivity contribution >= 4 is 0 Å². The molecule has 1 aromatic heterocycles. The predicted octanol–water partition coefficient (Wildman–Crippen LogP) is 2.33. The van der Waals surface area contributed by atoms with Gasteiger partial charge in [0.15, 0.2) is 0 Å². The SMILES string of the molecule is CCCC(C)C(NN)c1cncc(C)c1. The Labute approximate surface area is 92.1 Å². The minimum atomic E-state index is 0.206. The van der Waals surface area contributed by atoms with Gasteiger partial charge >= 0.3 is 0 Å². The lowest BCUT2D eigenvalue weighted by Gasteiger charge is -2.23. The third-order valence-corrected chi connectivity index (χ3v) is 2.75. The van der Waals surface area contributed by atoms with Gasteiger partial charge in [-0.1, -0.05) is 26.3 Å². The maximum Gasteiger partial charge on any atom is 0.0500 e. The van der Waals surface area contributed by atoms with E-state index in [-0.39, 0.29) is 6.04 Å². The summed E-state index contributed by atoms with van der Waals surface area (Å²) in [5.41, 5.74) is 5.25. The average Bonchev–Trinajstić information content (AvgIpc) is 2.19. The zero-order chi connectivity index (χ0) is 11.3. The van der Waals surface area contributed by atoms with Crippen molar-refractivity contribution in [3.63, 3.8) is 0 Å². The van der Waals surface area contributed by atoms with Gasteiger partial charge in [0.25, 0.3) is 0 Å². The first-order valence-electron chi connectivity index (χ1n) is 5.56. The molecule has 84 valence electrons. The summed E-state index contributed by atoms with van der Waals surface area (Å²) < 4.78 is 0. The maximum absolute atomic E-state index is 5.61. The molecule has 0 aliphatic carbocycles. The molecule has 0 bridgehead atoms. The zero-order valence-electron chi connectivity index (χ0n) is 9.83. The van der Waals surface area contributed by atoms with E-state index < -0.39 is 0 Å². The number of hydrogen-bond donors (Lipinski definition) is 2. The van der Waals surface area contributed by atoms with Crippen molar-refractivity contribution in [1.82, 2.24) is 10.4 Å². The van der Waals surface area contributed by atoms with Crippen molar-refractivity contribution in [1.29, 1.82) is 0 Å². The number of hydrogen-bond acceptors (Lipinski definition) is 3. The summed E-state index contributed by atoms with van der Waals surface area (Å²) in [6, 6.07) is 2.35. The van der Waals surface area contributed by atoms with E-state index in [1.54, 1.807) is 0 Å². The Hall–Kier alpha value is -0.930. The zero-order valence-corrected chi connectivity index (χ0v) is 9.83. The van der Waals surface area contributed by atoms with Gasteiger partial charge in [-0.15, -0.1) is 0 Å². The molecule has 0 saturated heterocycles. The predicted molar refractivity (Wildman–Crippen MR) is 63.1 cm³/mol. The molecule has 1 heterocycles. The summed E-state index contributed by atoms with van der Waals surface area (Å²) in [6.45, 7) is 6.46. The number of hydrazine groups is 1. The Morgan fingerprint density at radius 3 is 2.73 bits per heavy atom. The Morgan fingerprint density at radius 2 is 2.20 bits per heavy atom. The van der Waals surface area contributed by atoms with Gasteiger partial charge in [-0.25, -0.2) is 0 Å². The summed E-state index contributed by atoms with van der Waals surface area (Å²) in [6.07, 6.45) is 6.10. The number of rotatable bonds is 5. The molecule has 0 radical (unpaired) electrons. The van der Waals surface area contributed by atoms with Gasteiger partial charge in [0, 0.05) is 12.4 Å². The van der Waals surface area contributed by atoms with E-state index in [1.165, 1.54) is 24.0 Å². The second-order valence-electron chi connectivity index (χ2n) is 4.21. The standard InChI is InChI=1S/C12H21N3/c1-4-5-10(3)12(15-13)11-6-9(2)7-14-8-11/h6-8,10,12,15H,4-5,13H2,1-3H3. The lowest BCUT2D eigenvalue weighted by molar-refractivity contribution is 0.367. The highest BCUT2D eigenvalue weighted by atomic mass is 15.2. The summed E-state index contributed by atoms with van der Waals surface area (Å²) in [5.74, 6) is 6.14. The van der Waals surface area contributed by atoms with E-state index in [1.807, 2.05) is 12.4 Å². The van der Waals surface area contributed by atoms with Crippen LogP contribution in [0.15, 0.2) is 18.5 Å². The van der Waals surface area contributed by atoms with Crippen LogP contribution in [0.5, 0.6) is 0 Å².